The van der Waals surface area contributed by atoms with E-state index in [1.54, 1.807) is 27.7 Å². The maximum atomic E-state index is 12.4. The number of nitrogens with zero attached hydrogens (tertiary/aromatic N) is 1. The highest BCUT2D eigenvalue weighted by Crippen LogP contribution is 2.35. The lowest BCUT2D eigenvalue weighted by Crippen LogP contribution is -2.45. The van der Waals surface area contributed by atoms with Gasteiger partial charge in [0.25, 0.3) is 0 Å². The number of aromatic hydroxyl groups is 1. The zero-order valence-corrected chi connectivity index (χ0v) is 14.0. The zero-order chi connectivity index (χ0) is 15.7. The number of phenols is 1. The number of nitrogens with one attached hydrogen (secondary N) is 1. The Hall–Kier alpha value is -0.690. The SMILES string of the molecule is CC(C)N(C(C)C)S(=O)(=O)Nc1cc(Cl)c(O)c(Cl)c1. The van der Waals surface area contributed by atoms with Gasteiger partial charge in [-0.2, -0.15) is 12.7 Å². The Kier molecular flexibility index (Phi) is 5.54. The van der Waals surface area contributed by atoms with E-state index in [1.807, 2.05) is 0 Å². The van der Waals surface area contributed by atoms with Gasteiger partial charge < -0.3 is 5.11 Å². The van der Waals surface area contributed by atoms with Crippen LogP contribution in [0, 0.1) is 0 Å². The Bertz CT molecular complexity index is 557. The van der Waals surface area contributed by atoms with Crippen LogP contribution in [0.1, 0.15) is 27.7 Å². The van der Waals surface area contributed by atoms with Gasteiger partial charge in [-0.25, -0.2) is 0 Å². The number of benzene rings is 1. The fourth-order valence-electron chi connectivity index (χ4n) is 1.98. The number of phenolic OH excluding ortho intramolecular Hbond substituents is 1. The second-order valence-corrected chi connectivity index (χ2v) is 7.30. The molecule has 0 saturated carbocycles. The summed E-state index contributed by atoms with van der Waals surface area (Å²) in [5.41, 5.74) is 0.198. The van der Waals surface area contributed by atoms with Crippen molar-refractivity contribution >= 4 is 39.1 Å². The van der Waals surface area contributed by atoms with Gasteiger partial charge in [-0.1, -0.05) is 23.2 Å². The molecule has 0 fully saturated rings. The summed E-state index contributed by atoms with van der Waals surface area (Å²) in [6.45, 7) is 7.15. The number of anilines is 1. The van der Waals surface area contributed by atoms with E-state index >= 15 is 0 Å². The Morgan fingerprint density at radius 3 is 1.85 bits per heavy atom. The van der Waals surface area contributed by atoms with Crippen LogP contribution in [0.25, 0.3) is 0 Å². The third-order valence-corrected chi connectivity index (χ3v) is 5.03. The molecule has 0 radical (unpaired) electrons. The Balaban J connectivity index is 3.14. The molecule has 0 saturated heterocycles. The smallest absolute Gasteiger partial charge is 0.302 e. The average Bonchev–Trinajstić information content (AvgIpc) is 2.22. The Morgan fingerprint density at radius 2 is 1.50 bits per heavy atom. The second kappa shape index (κ2) is 6.39. The maximum Gasteiger partial charge on any atom is 0.302 e. The van der Waals surface area contributed by atoms with E-state index in [4.69, 9.17) is 23.2 Å². The number of hydrogen-bond acceptors (Lipinski definition) is 3. The molecule has 0 amide bonds. The van der Waals surface area contributed by atoms with E-state index in [0.29, 0.717) is 0 Å². The molecule has 8 heteroatoms. The topological polar surface area (TPSA) is 69.6 Å². The molecule has 1 aromatic rings. The van der Waals surface area contributed by atoms with Crippen LogP contribution in [0.2, 0.25) is 10.0 Å². The van der Waals surface area contributed by atoms with Gasteiger partial charge in [-0.3, -0.25) is 4.72 Å². The van der Waals surface area contributed by atoms with Crippen LogP contribution >= 0.6 is 23.2 Å². The highest BCUT2D eigenvalue weighted by molar-refractivity contribution is 7.90. The van der Waals surface area contributed by atoms with E-state index in [2.05, 4.69) is 4.72 Å². The van der Waals surface area contributed by atoms with Crippen LogP contribution < -0.4 is 4.72 Å². The van der Waals surface area contributed by atoms with E-state index in [9.17, 15) is 13.5 Å². The Morgan fingerprint density at radius 1 is 1.10 bits per heavy atom. The lowest BCUT2D eigenvalue weighted by Gasteiger charge is -2.29. The first-order chi connectivity index (χ1) is 9.06. The first-order valence-corrected chi connectivity index (χ1v) is 8.25. The van der Waals surface area contributed by atoms with Gasteiger partial charge in [-0.15, -0.1) is 0 Å². The highest BCUT2D eigenvalue weighted by atomic mass is 35.5. The average molecular weight is 341 g/mol. The van der Waals surface area contributed by atoms with E-state index < -0.39 is 10.2 Å². The molecule has 0 spiro atoms. The van der Waals surface area contributed by atoms with Crippen LogP contribution in [0.5, 0.6) is 5.75 Å². The second-order valence-electron chi connectivity index (χ2n) is 4.91. The molecule has 114 valence electrons. The van der Waals surface area contributed by atoms with Crippen molar-refractivity contribution in [3.63, 3.8) is 0 Å². The normalized spacial score (nSPS) is 12.4. The standard InChI is InChI=1S/C12H18Cl2N2O3S/c1-7(2)16(8(3)4)20(18,19)15-9-5-10(13)12(17)11(14)6-9/h5-8,15,17H,1-4H3. The molecule has 1 aromatic carbocycles. The summed E-state index contributed by atoms with van der Waals surface area (Å²) < 4.78 is 28.5. The molecule has 0 aliphatic rings. The van der Waals surface area contributed by atoms with Gasteiger partial charge in [0.05, 0.1) is 15.7 Å². The molecule has 0 unspecified atom stereocenters. The van der Waals surface area contributed by atoms with Crippen molar-refractivity contribution in [2.75, 3.05) is 4.72 Å². The number of hydrogen-bond donors (Lipinski definition) is 2. The predicted octanol–water partition coefficient (Wildman–Crippen LogP) is 3.47. The molecule has 0 bridgehead atoms. The van der Waals surface area contributed by atoms with Gasteiger partial charge in [0.1, 0.15) is 0 Å². The van der Waals surface area contributed by atoms with Crippen LogP contribution in [-0.2, 0) is 10.2 Å². The summed E-state index contributed by atoms with van der Waals surface area (Å²) in [4.78, 5) is 0. The van der Waals surface area contributed by atoms with Gasteiger partial charge in [-0.05, 0) is 39.8 Å². The highest BCUT2D eigenvalue weighted by Gasteiger charge is 2.27. The van der Waals surface area contributed by atoms with E-state index in [0.717, 1.165) is 0 Å². The third-order valence-electron chi connectivity index (χ3n) is 2.56. The van der Waals surface area contributed by atoms with Crippen molar-refractivity contribution in [3.05, 3.63) is 22.2 Å². The fraction of sp³-hybridized carbons (Fsp3) is 0.500. The molecule has 0 aliphatic carbocycles. The van der Waals surface area contributed by atoms with E-state index in [1.165, 1.54) is 16.4 Å². The van der Waals surface area contributed by atoms with Gasteiger partial charge >= 0.3 is 10.2 Å². The van der Waals surface area contributed by atoms with Crippen molar-refractivity contribution in [1.29, 1.82) is 0 Å². The summed E-state index contributed by atoms with van der Waals surface area (Å²) in [6, 6.07) is 2.21. The Labute approximate surface area is 129 Å². The first-order valence-electron chi connectivity index (χ1n) is 6.05. The molecule has 5 nitrogen and oxygen atoms in total. The first kappa shape index (κ1) is 17.4. The van der Waals surface area contributed by atoms with E-state index in [-0.39, 0.29) is 33.6 Å². The summed E-state index contributed by atoms with van der Waals surface area (Å²) in [7, 11) is -3.74. The van der Waals surface area contributed by atoms with Crippen molar-refractivity contribution in [1.82, 2.24) is 4.31 Å². The van der Waals surface area contributed by atoms with Gasteiger partial charge in [0.2, 0.25) is 0 Å². The predicted molar refractivity (Wildman–Crippen MR) is 82.8 cm³/mol. The lowest BCUT2D eigenvalue weighted by atomic mass is 10.3. The van der Waals surface area contributed by atoms with Crippen LogP contribution in [0.3, 0.4) is 0 Å². The van der Waals surface area contributed by atoms with Crippen molar-refractivity contribution < 1.29 is 13.5 Å². The molecule has 0 aliphatic heterocycles. The molecule has 2 N–H and O–H groups in total. The number of rotatable bonds is 5. The molecule has 1 rings (SSSR count). The summed E-state index contributed by atoms with van der Waals surface area (Å²) in [6.07, 6.45) is 0. The summed E-state index contributed by atoms with van der Waals surface area (Å²) in [5, 5.41) is 9.43. The van der Waals surface area contributed by atoms with Crippen LogP contribution in [0.15, 0.2) is 12.1 Å². The summed E-state index contributed by atoms with van der Waals surface area (Å²) in [5.74, 6) is -0.277. The molecule has 0 atom stereocenters. The minimum Gasteiger partial charge on any atom is -0.505 e. The van der Waals surface area contributed by atoms with Crippen molar-refractivity contribution in [2.45, 2.75) is 39.8 Å². The van der Waals surface area contributed by atoms with Gasteiger partial charge in [0.15, 0.2) is 5.75 Å². The summed E-state index contributed by atoms with van der Waals surface area (Å²) >= 11 is 11.5. The van der Waals surface area contributed by atoms with Crippen molar-refractivity contribution in [3.8, 4) is 5.75 Å². The fourth-order valence-corrected chi connectivity index (χ4v) is 4.10. The minimum absolute atomic E-state index is 0.0177. The lowest BCUT2D eigenvalue weighted by molar-refractivity contribution is 0.304. The molecular weight excluding hydrogens is 323 g/mol. The van der Waals surface area contributed by atoms with Crippen LogP contribution in [-0.4, -0.2) is 29.9 Å². The molecule has 0 heterocycles. The molecule has 20 heavy (non-hydrogen) atoms. The van der Waals surface area contributed by atoms with Crippen molar-refractivity contribution in [2.24, 2.45) is 0 Å². The third kappa shape index (κ3) is 3.91. The molecule has 0 aromatic heterocycles. The zero-order valence-electron chi connectivity index (χ0n) is 11.7. The minimum atomic E-state index is -3.74. The van der Waals surface area contributed by atoms with Gasteiger partial charge in [0, 0.05) is 12.1 Å². The van der Waals surface area contributed by atoms with Crippen LogP contribution in [0.4, 0.5) is 5.69 Å². The molecular formula is C12H18Cl2N2O3S. The monoisotopic (exact) mass is 340 g/mol. The quantitative estimate of drug-likeness (QED) is 0.806. The largest absolute Gasteiger partial charge is 0.505 e. The number of halogens is 2. The maximum absolute atomic E-state index is 12.4.